The van der Waals surface area contributed by atoms with Gasteiger partial charge in [-0.2, -0.15) is 0 Å². The van der Waals surface area contributed by atoms with Crippen LogP contribution >= 0.6 is 0 Å². The van der Waals surface area contributed by atoms with Crippen molar-refractivity contribution in [3.8, 4) is 16.9 Å². The van der Waals surface area contributed by atoms with E-state index in [1.54, 1.807) is 24.2 Å². The number of rotatable bonds is 6. The number of benzene rings is 2. The molecule has 1 unspecified atom stereocenters. The van der Waals surface area contributed by atoms with Crippen molar-refractivity contribution in [2.24, 2.45) is 7.05 Å². The first kappa shape index (κ1) is 20.5. The molecule has 0 radical (unpaired) electrons. The van der Waals surface area contributed by atoms with Crippen LogP contribution in [0.5, 0.6) is 5.75 Å². The summed E-state index contributed by atoms with van der Waals surface area (Å²) in [5.74, 6) is -2.06. The Morgan fingerprint density at radius 1 is 1.10 bits per heavy atom. The number of β-amino-alcohol motifs (C(OH)–C–C–N with tert-alkyl or cyclic N) is 1. The minimum atomic E-state index is -2.66. The van der Waals surface area contributed by atoms with E-state index in [1.807, 2.05) is 36.4 Å². The van der Waals surface area contributed by atoms with Crippen LogP contribution in [0.15, 0.2) is 59.5 Å². The second-order valence-corrected chi connectivity index (χ2v) is 7.90. The molecule has 7 heteroatoms. The van der Waals surface area contributed by atoms with Gasteiger partial charge in [-0.3, -0.25) is 9.69 Å². The van der Waals surface area contributed by atoms with Crippen molar-refractivity contribution in [1.29, 1.82) is 0 Å². The molecule has 4 rings (SSSR count). The second-order valence-electron chi connectivity index (χ2n) is 7.90. The molecule has 1 atom stereocenters. The highest BCUT2D eigenvalue weighted by Crippen LogP contribution is 2.28. The van der Waals surface area contributed by atoms with E-state index in [0.29, 0.717) is 5.75 Å². The Morgan fingerprint density at radius 2 is 1.87 bits per heavy atom. The SMILES string of the molecule is Cn1cc(-c2ccc3ccc(OCC(O)CN4CCC(F)(F)C4)cc3c2)ccc1=O. The van der Waals surface area contributed by atoms with Crippen LogP contribution in [0, 0.1) is 0 Å². The minimum Gasteiger partial charge on any atom is -0.491 e. The summed E-state index contributed by atoms with van der Waals surface area (Å²) >= 11 is 0. The predicted molar refractivity (Wildman–Crippen MR) is 112 cm³/mol. The third kappa shape index (κ3) is 4.68. The fourth-order valence-electron chi connectivity index (χ4n) is 3.76. The summed E-state index contributed by atoms with van der Waals surface area (Å²) in [5, 5.41) is 12.2. The molecule has 0 amide bonds. The molecule has 3 aromatic rings. The number of aromatic nitrogens is 1. The fraction of sp³-hybridized carbons (Fsp3) is 0.348. The van der Waals surface area contributed by atoms with Gasteiger partial charge in [-0.15, -0.1) is 0 Å². The third-order valence-electron chi connectivity index (χ3n) is 5.39. The highest BCUT2D eigenvalue weighted by molar-refractivity contribution is 5.88. The maximum Gasteiger partial charge on any atom is 0.261 e. The van der Waals surface area contributed by atoms with Gasteiger partial charge in [-0.05, 0) is 46.2 Å². The Morgan fingerprint density at radius 3 is 2.60 bits per heavy atom. The number of pyridine rings is 1. The van der Waals surface area contributed by atoms with Gasteiger partial charge < -0.3 is 14.4 Å². The Kier molecular flexibility index (Phi) is 5.58. The zero-order valence-corrected chi connectivity index (χ0v) is 16.7. The zero-order valence-electron chi connectivity index (χ0n) is 16.7. The third-order valence-corrected chi connectivity index (χ3v) is 5.39. The minimum absolute atomic E-state index is 0.0358. The standard InChI is InChI=1S/C23H24F2N2O3/c1-26-12-18(5-7-22(26)29)17-3-2-16-4-6-21(11-19(16)10-17)30-14-20(28)13-27-9-8-23(24,25)15-27/h2-7,10-12,20,28H,8-9,13-15H2,1H3. The topological polar surface area (TPSA) is 54.7 Å². The van der Waals surface area contributed by atoms with Gasteiger partial charge in [0.15, 0.2) is 0 Å². The van der Waals surface area contributed by atoms with Crippen molar-refractivity contribution < 1.29 is 18.6 Å². The number of alkyl halides is 2. The highest BCUT2D eigenvalue weighted by atomic mass is 19.3. The lowest BCUT2D eigenvalue weighted by Crippen LogP contribution is -2.35. The average Bonchev–Trinajstić information content (AvgIpc) is 3.06. The lowest BCUT2D eigenvalue weighted by Gasteiger charge is -2.20. The number of ether oxygens (including phenoxy) is 1. The molecule has 1 aromatic heterocycles. The first-order chi connectivity index (χ1) is 14.3. The molecule has 2 heterocycles. The van der Waals surface area contributed by atoms with Crippen molar-refractivity contribution in [3.63, 3.8) is 0 Å². The van der Waals surface area contributed by atoms with Gasteiger partial charge in [-0.25, -0.2) is 8.78 Å². The molecule has 0 spiro atoms. The van der Waals surface area contributed by atoms with Crippen molar-refractivity contribution in [2.75, 3.05) is 26.2 Å². The van der Waals surface area contributed by atoms with E-state index in [-0.39, 0.29) is 38.2 Å². The van der Waals surface area contributed by atoms with Crippen LogP contribution in [0.25, 0.3) is 21.9 Å². The van der Waals surface area contributed by atoms with Crippen LogP contribution < -0.4 is 10.3 Å². The Labute approximate surface area is 173 Å². The fourth-order valence-corrected chi connectivity index (χ4v) is 3.76. The molecule has 5 nitrogen and oxygen atoms in total. The van der Waals surface area contributed by atoms with Crippen LogP contribution in [0.1, 0.15) is 6.42 Å². The van der Waals surface area contributed by atoms with Crippen LogP contribution in [-0.4, -0.2) is 52.8 Å². The summed E-state index contributed by atoms with van der Waals surface area (Å²) < 4.78 is 33.8. The van der Waals surface area contributed by atoms with Crippen molar-refractivity contribution >= 4 is 10.8 Å². The normalized spacial score (nSPS) is 17.3. The number of aryl methyl sites for hydroxylation is 1. The number of aliphatic hydroxyl groups is 1. The van der Waals surface area contributed by atoms with Gasteiger partial charge >= 0.3 is 0 Å². The number of likely N-dealkylation sites (tertiary alicyclic amines) is 1. The molecular formula is C23H24F2N2O3. The first-order valence-corrected chi connectivity index (χ1v) is 9.91. The van der Waals surface area contributed by atoms with Gasteiger partial charge in [-0.1, -0.05) is 18.2 Å². The summed E-state index contributed by atoms with van der Waals surface area (Å²) in [6.07, 6.45) is 0.789. The van der Waals surface area contributed by atoms with Gasteiger partial charge in [0, 0.05) is 38.8 Å². The monoisotopic (exact) mass is 414 g/mol. The predicted octanol–water partition coefficient (Wildman–Crippen LogP) is 3.29. The number of halogens is 2. The number of aliphatic hydroxyl groups excluding tert-OH is 1. The van der Waals surface area contributed by atoms with Gasteiger partial charge in [0.2, 0.25) is 5.56 Å². The lowest BCUT2D eigenvalue weighted by atomic mass is 10.0. The molecular weight excluding hydrogens is 390 g/mol. The van der Waals surface area contributed by atoms with E-state index < -0.39 is 12.0 Å². The molecule has 1 N–H and O–H groups in total. The van der Waals surface area contributed by atoms with Crippen LogP contribution in [-0.2, 0) is 7.05 Å². The molecule has 1 fully saturated rings. The maximum atomic E-state index is 13.3. The largest absolute Gasteiger partial charge is 0.491 e. The molecule has 158 valence electrons. The number of nitrogens with zero attached hydrogens (tertiary/aromatic N) is 2. The molecule has 30 heavy (non-hydrogen) atoms. The molecule has 1 aliphatic heterocycles. The first-order valence-electron chi connectivity index (χ1n) is 9.91. The Hall–Kier alpha value is -2.77. The van der Waals surface area contributed by atoms with E-state index in [0.717, 1.165) is 21.9 Å². The summed E-state index contributed by atoms with van der Waals surface area (Å²) in [5.41, 5.74) is 1.85. The molecule has 2 aromatic carbocycles. The van der Waals surface area contributed by atoms with E-state index in [1.165, 1.54) is 10.6 Å². The number of hydrogen-bond donors (Lipinski definition) is 1. The lowest BCUT2D eigenvalue weighted by molar-refractivity contribution is 0.00461. The second kappa shape index (κ2) is 8.16. The smallest absolute Gasteiger partial charge is 0.261 e. The summed E-state index contributed by atoms with van der Waals surface area (Å²) in [6.45, 7) is 0.176. The van der Waals surface area contributed by atoms with Crippen molar-refractivity contribution in [1.82, 2.24) is 9.47 Å². The average molecular weight is 414 g/mol. The van der Waals surface area contributed by atoms with Crippen molar-refractivity contribution in [3.05, 3.63) is 65.1 Å². The molecule has 0 saturated carbocycles. The number of hydrogen-bond acceptors (Lipinski definition) is 4. The molecule has 0 aliphatic carbocycles. The summed E-state index contributed by atoms with van der Waals surface area (Å²) in [4.78, 5) is 13.2. The summed E-state index contributed by atoms with van der Waals surface area (Å²) in [7, 11) is 1.72. The van der Waals surface area contributed by atoms with E-state index in [4.69, 9.17) is 4.74 Å². The van der Waals surface area contributed by atoms with Gasteiger partial charge in [0.25, 0.3) is 5.92 Å². The summed E-state index contributed by atoms with van der Waals surface area (Å²) in [6, 6.07) is 15.0. The van der Waals surface area contributed by atoms with E-state index in [9.17, 15) is 18.7 Å². The van der Waals surface area contributed by atoms with Crippen molar-refractivity contribution in [2.45, 2.75) is 18.4 Å². The van der Waals surface area contributed by atoms with Crippen LogP contribution in [0.4, 0.5) is 8.78 Å². The quantitative estimate of drug-likeness (QED) is 0.673. The van der Waals surface area contributed by atoms with E-state index >= 15 is 0 Å². The highest BCUT2D eigenvalue weighted by Gasteiger charge is 2.38. The Bertz CT molecular complexity index is 1110. The molecule has 1 aliphatic rings. The van der Waals surface area contributed by atoms with Crippen LogP contribution in [0.3, 0.4) is 0 Å². The number of fused-ring (bicyclic) bond motifs is 1. The maximum absolute atomic E-state index is 13.3. The van der Waals surface area contributed by atoms with Crippen LogP contribution in [0.2, 0.25) is 0 Å². The Balaban J connectivity index is 1.44. The molecule has 1 saturated heterocycles. The zero-order chi connectivity index (χ0) is 21.3. The van der Waals surface area contributed by atoms with E-state index in [2.05, 4.69) is 0 Å². The van der Waals surface area contributed by atoms with Gasteiger partial charge in [0.1, 0.15) is 18.5 Å². The molecule has 0 bridgehead atoms. The van der Waals surface area contributed by atoms with Gasteiger partial charge in [0.05, 0.1) is 6.54 Å².